The maximum absolute atomic E-state index is 12.9. The Bertz CT molecular complexity index is 675. The van der Waals surface area contributed by atoms with E-state index in [-0.39, 0.29) is 5.82 Å². The highest BCUT2D eigenvalue weighted by molar-refractivity contribution is 8.02. The molecular formula is C14H11FN2S. The van der Waals surface area contributed by atoms with Crippen LogP contribution in [0.2, 0.25) is 0 Å². The average Bonchev–Trinajstić information content (AvgIpc) is 2.70. The van der Waals surface area contributed by atoms with Crippen LogP contribution in [-0.4, -0.2) is 5.04 Å². The van der Waals surface area contributed by atoms with Gasteiger partial charge in [0.2, 0.25) is 0 Å². The van der Waals surface area contributed by atoms with Gasteiger partial charge in [-0.2, -0.15) is 0 Å². The Balaban J connectivity index is 2.12. The zero-order chi connectivity index (χ0) is 12.7. The molecule has 0 aromatic heterocycles. The van der Waals surface area contributed by atoms with Gasteiger partial charge in [0, 0.05) is 5.56 Å². The predicted octanol–water partition coefficient (Wildman–Crippen LogP) is 3.97. The number of hydrogen-bond acceptors (Lipinski definition) is 2. The maximum Gasteiger partial charge on any atom is 0.123 e. The highest BCUT2D eigenvalue weighted by Crippen LogP contribution is 2.35. The van der Waals surface area contributed by atoms with Crippen LogP contribution in [0.4, 0.5) is 10.1 Å². The van der Waals surface area contributed by atoms with Gasteiger partial charge in [0.15, 0.2) is 0 Å². The molecule has 0 radical (unpaired) electrons. The summed E-state index contributed by atoms with van der Waals surface area (Å²) in [5.41, 5.74) is 2.80. The SMILES string of the molecule is Cc1cccc2c1N=C(c1ccc(F)cc1)S2=N. The van der Waals surface area contributed by atoms with Crippen LogP contribution < -0.4 is 0 Å². The van der Waals surface area contributed by atoms with Crippen molar-refractivity contribution in [1.82, 2.24) is 0 Å². The second kappa shape index (κ2) is 4.14. The van der Waals surface area contributed by atoms with Crippen molar-refractivity contribution in [3.8, 4) is 0 Å². The molecule has 0 bridgehead atoms. The third kappa shape index (κ3) is 1.69. The van der Waals surface area contributed by atoms with Gasteiger partial charge in [0.05, 0.1) is 10.6 Å². The second-order valence-electron chi connectivity index (χ2n) is 4.15. The van der Waals surface area contributed by atoms with Crippen molar-refractivity contribution in [1.29, 1.82) is 4.78 Å². The smallest absolute Gasteiger partial charge is 0.123 e. The van der Waals surface area contributed by atoms with E-state index in [4.69, 9.17) is 4.78 Å². The first-order valence-electron chi connectivity index (χ1n) is 5.56. The number of hydrogen-bond donors (Lipinski definition) is 1. The van der Waals surface area contributed by atoms with E-state index >= 15 is 0 Å². The molecule has 0 fully saturated rings. The Morgan fingerprint density at radius 3 is 2.50 bits per heavy atom. The molecule has 1 aliphatic heterocycles. The molecule has 0 aliphatic carbocycles. The first-order chi connectivity index (χ1) is 8.66. The molecule has 0 spiro atoms. The molecule has 90 valence electrons. The summed E-state index contributed by atoms with van der Waals surface area (Å²) in [4.78, 5) is 5.50. The molecule has 1 N–H and O–H groups in total. The third-order valence-corrected chi connectivity index (χ3v) is 4.40. The van der Waals surface area contributed by atoms with Crippen LogP contribution in [0.25, 0.3) is 0 Å². The van der Waals surface area contributed by atoms with Crippen LogP contribution in [0.5, 0.6) is 0 Å². The summed E-state index contributed by atoms with van der Waals surface area (Å²) in [5.74, 6) is -0.268. The molecule has 0 saturated carbocycles. The fourth-order valence-corrected chi connectivity index (χ4v) is 3.34. The van der Waals surface area contributed by atoms with Gasteiger partial charge in [-0.15, -0.1) is 0 Å². The number of nitrogens with one attached hydrogen (secondary N) is 1. The van der Waals surface area contributed by atoms with E-state index in [0.717, 1.165) is 26.8 Å². The Morgan fingerprint density at radius 1 is 1.11 bits per heavy atom. The fourth-order valence-electron chi connectivity index (χ4n) is 1.97. The van der Waals surface area contributed by atoms with Crippen LogP contribution in [0.15, 0.2) is 52.4 Å². The number of aryl methyl sites for hydroxylation is 1. The normalized spacial score (nSPS) is 17.4. The zero-order valence-electron chi connectivity index (χ0n) is 9.77. The summed E-state index contributed by atoms with van der Waals surface area (Å²) in [7, 11) is -0.776. The molecule has 3 rings (SSSR count). The highest BCUT2D eigenvalue weighted by Gasteiger charge is 2.22. The van der Waals surface area contributed by atoms with Crippen molar-refractivity contribution in [3.05, 3.63) is 59.4 Å². The van der Waals surface area contributed by atoms with Crippen molar-refractivity contribution in [2.75, 3.05) is 0 Å². The molecule has 2 aromatic carbocycles. The molecule has 1 heterocycles. The number of benzene rings is 2. The molecule has 1 unspecified atom stereocenters. The molecule has 4 heteroatoms. The lowest BCUT2D eigenvalue weighted by Gasteiger charge is -2.02. The van der Waals surface area contributed by atoms with Crippen LogP contribution >= 0.6 is 0 Å². The molecular weight excluding hydrogens is 247 g/mol. The van der Waals surface area contributed by atoms with Gasteiger partial charge >= 0.3 is 0 Å². The van der Waals surface area contributed by atoms with E-state index in [0.29, 0.717) is 0 Å². The largest absolute Gasteiger partial charge is 0.269 e. The van der Waals surface area contributed by atoms with Gasteiger partial charge < -0.3 is 0 Å². The minimum atomic E-state index is -0.776. The molecule has 2 aromatic rings. The lowest BCUT2D eigenvalue weighted by molar-refractivity contribution is 0.628. The molecule has 18 heavy (non-hydrogen) atoms. The number of aliphatic imine (C=N–C) groups is 1. The van der Waals surface area contributed by atoms with Crippen LogP contribution in [0, 0.1) is 17.5 Å². The highest BCUT2D eigenvalue weighted by atomic mass is 32.2. The van der Waals surface area contributed by atoms with E-state index in [1.54, 1.807) is 12.1 Å². The Kier molecular flexibility index (Phi) is 2.59. The van der Waals surface area contributed by atoms with Crippen molar-refractivity contribution in [3.63, 3.8) is 0 Å². The maximum atomic E-state index is 12.9. The number of halogens is 1. The van der Waals surface area contributed by atoms with Crippen LogP contribution in [0.3, 0.4) is 0 Å². The van der Waals surface area contributed by atoms with Crippen molar-refractivity contribution in [2.24, 2.45) is 4.99 Å². The Hall–Kier alpha value is -1.81. The minimum absolute atomic E-state index is 0.268. The number of nitrogens with zero attached hydrogens (tertiary/aromatic N) is 1. The van der Waals surface area contributed by atoms with Gasteiger partial charge in [0.1, 0.15) is 10.9 Å². The monoisotopic (exact) mass is 258 g/mol. The van der Waals surface area contributed by atoms with Crippen molar-refractivity contribution >= 4 is 21.4 Å². The molecule has 1 aliphatic rings. The number of fused-ring (bicyclic) bond motifs is 1. The second-order valence-corrected chi connectivity index (χ2v) is 5.59. The topological polar surface area (TPSA) is 36.2 Å². The van der Waals surface area contributed by atoms with E-state index in [1.807, 2.05) is 25.1 Å². The summed E-state index contributed by atoms with van der Waals surface area (Å²) in [5, 5.41) is 0.722. The van der Waals surface area contributed by atoms with Crippen molar-refractivity contribution < 1.29 is 4.39 Å². The summed E-state index contributed by atoms with van der Waals surface area (Å²) < 4.78 is 21.2. The molecule has 1 atom stereocenters. The number of rotatable bonds is 1. The van der Waals surface area contributed by atoms with E-state index < -0.39 is 10.7 Å². The zero-order valence-corrected chi connectivity index (χ0v) is 10.6. The van der Waals surface area contributed by atoms with Gasteiger partial charge in [-0.3, -0.25) is 4.78 Å². The summed E-state index contributed by atoms with van der Waals surface area (Å²) in [6.45, 7) is 1.99. The number of para-hydroxylation sites is 1. The summed E-state index contributed by atoms with van der Waals surface area (Å²) >= 11 is 0. The van der Waals surface area contributed by atoms with E-state index in [2.05, 4.69) is 4.99 Å². The van der Waals surface area contributed by atoms with Gasteiger partial charge in [-0.1, -0.05) is 12.1 Å². The first-order valence-corrected chi connectivity index (χ1v) is 6.79. The Morgan fingerprint density at radius 2 is 1.83 bits per heavy atom. The quantitative estimate of drug-likeness (QED) is 0.803. The Labute approximate surface area is 107 Å². The van der Waals surface area contributed by atoms with Crippen LogP contribution in [0.1, 0.15) is 11.1 Å². The van der Waals surface area contributed by atoms with Gasteiger partial charge in [-0.05, 0) is 53.5 Å². The van der Waals surface area contributed by atoms with E-state index in [9.17, 15) is 4.39 Å². The third-order valence-electron chi connectivity index (χ3n) is 2.92. The van der Waals surface area contributed by atoms with Crippen molar-refractivity contribution in [2.45, 2.75) is 11.8 Å². The average molecular weight is 258 g/mol. The summed E-state index contributed by atoms with van der Waals surface area (Å²) in [6.07, 6.45) is 0. The predicted molar refractivity (Wildman–Crippen MR) is 72.1 cm³/mol. The lowest BCUT2D eigenvalue weighted by atomic mass is 10.2. The lowest BCUT2D eigenvalue weighted by Crippen LogP contribution is -2.03. The van der Waals surface area contributed by atoms with Gasteiger partial charge in [-0.25, -0.2) is 9.38 Å². The standard InChI is InChI=1S/C14H11FN2S/c1-9-3-2-4-12-13(9)17-14(18(12)16)10-5-7-11(15)8-6-10/h2-8,16H,1H3. The van der Waals surface area contributed by atoms with Crippen LogP contribution in [-0.2, 0) is 10.7 Å². The summed E-state index contributed by atoms with van der Waals surface area (Å²) in [6, 6.07) is 12.1. The molecule has 0 amide bonds. The fraction of sp³-hybridized carbons (Fsp3) is 0.0714. The van der Waals surface area contributed by atoms with E-state index in [1.165, 1.54) is 12.1 Å². The minimum Gasteiger partial charge on any atom is -0.269 e. The molecule has 0 saturated heterocycles. The molecule has 2 nitrogen and oxygen atoms in total. The first kappa shape index (κ1) is 11.3. The van der Waals surface area contributed by atoms with Gasteiger partial charge in [0.25, 0.3) is 0 Å².